The Balaban J connectivity index is 0.998. The maximum atomic E-state index is 13.0. The number of benzene rings is 4. The molecule has 2 heterocycles. The highest BCUT2D eigenvalue weighted by Gasteiger charge is 2.51. The standard InChI is InChI=1S/C41H34N2O7/c42-23-33(21-30-15-13-29(14-16-30)12-11-28-7-3-1-4-8-28)40(44)49-36-26-47-39-37(27-48-38(36)39)50-41(45)34(24-43)22-31-17-19-35(20-18-31)46-25-32-9-5-2-6-10-32/h1-10,13-22,36-39H,11-12,25-27H2/b33-21+,34-22+/t36-,37+,38+,39+/m0/s1. The Morgan fingerprint density at radius 1 is 0.620 bits per heavy atom. The van der Waals surface area contributed by atoms with Crippen molar-refractivity contribution in [3.8, 4) is 17.9 Å². The summed E-state index contributed by atoms with van der Waals surface area (Å²) in [6.45, 7) is 0.419. The number of ether oxygens (including phenoxy) is 5. The Kier molecular flexibility index (Phi) is 11.1. The molecule has 0 spiro atoms. The van der Waals surface area contributed by atoms with Crippen LogP contribution in [0.5, 0.6) is 5.75 Å². The molecule has 0 N–H and O–H groups in total. The minimum Gasteiger partial charge on any atom is -0.489 e. The molecule has 0 saturated carbocycles. The molecule has 9 heteroatoms. The number of carbonyl (C=O) groups excluding carboxylic acids is 2. The van der Waals surface area contributed by atoms with Crippen LogP contribution in [0, 0.1) is 22.7 Å². The van der Waals surface area contributed by atoms with Gasteiger partial charge in [0.15, 0.2) is 12.2 Å². The van der Waals surface area contributed by atoms with Crippen molar-refractivity contribution in [2.24, 2.45) is 0 Å². The summed E-state index contributed by atoms with van der Waals surface area (Å²) in [7, 11) is 0. The number of esters is 2. The average Bonchev–Trinajstić information content (AvgIpc) is 3.75. The van der Waals surface area contributed by atoms with Gasteiger partial charge in [0.05, 0.1) is 13.2 Å². The van der Waals surface area contributed by atoms with Crippen LogP contribution in [0.4, 0.5) is 0 Å². The van der Waals surface area contributed by atoms with Crippen LogP contribution < -0.4 is 4.74 Å². The minimum atomic E-state index is -0.823. The summed E-state index contributed by atoms with van der Waals surface area (Å²) in [5.74, 6) is -0.975. The summed E-state index contributed by atoms with van der Waals surface area (Å²) in [4.78, 5) is 25.9. The summed E-state index contributed by atoms with van der Waals surface area (Å²) in [6.07, 6.45) is 1.69. The van der Waals surface area contributed by atoms with Crippen molar-refractivity contribution in [2.45, 2.75) is 43.9 Å². The van der Waals surface area contributed by atoms with Crippen LogP contribution in [0.2, 0.25) is 0 Å². The lowest BCUT2D eigenvalue weighted by molar-refractivity contribution is -0.149. The van der Waals surface area contributed by atoms with E-state index in [-0.39, 0.29) is 24.4 Å². The first-order valence-electron chi connectivity index (χ1n) is 16.3. The molecular weight excluding hydrogens is 632 g/mol. The molecular formula is C41H34N2O7. The van der Waals surface area contributed by atoms with Gasteiger partial charge in [-0.15, -0.1) is 0 Å². The smallest absolute Gasteiger partial charge is 0.349 e. The molecule has 2 aliphatic heterocycles. The monoisotopic (exact) mass is 666 g/mol. The van der Waals surface area contributed by atoms with Crippen molar-refractivity contribution in [2.75, 3.05) is 13.2 Å². The normalized spacial score (nSPS) is 19.9. The molecule has 4 aromatic rings. The quantitative estimate of drug-likeness (QED) is 0.0988. The first-order chi connectivity index (χ1) is 24.5. The number of carbonyl (C=O) groups is 2. The van der Waals surface area contributed by atoms with Crippen molar-refractivity contribution in [1.82, 2.24) is 0 Å². The molecule has 0 aliphatic carbocycles. The molecule has 2 aliphatic rings. The Bertz CT molecular complexity index is 1780. The Hall–Kier alpha value is -6.00. The van der Waals surface area contributed by atoms with Crippen LogP contribution in [0.3, 0.4) is 0 Å². The van der Waals surface area contributed by atoms with Crippen molar-refractivity contribution < 1.29 is 33.3 Å². The molecule has 4 aromatic carbocycles. The number of hydrogen-bond acceptors (Lipinski definition) is 9. The van der Waals surface area contributed by atoms with Gasteiger partial charge in [-0.05, 0) is 64.9 Å². The molecule has 0 unspecified atom stereocenters. The molecule has 2 fully saturated rings. The zero-order valence-corrected chi connectivity index (χ0v) is 27.1. The van der Waals surface area contributed by atoms with E-state index in [4.69, 9.17) is 23.7 Å². The second kappa shape index (κ2) is 16.4. The fourth-order valence-corrected chi connectivity index (χ4v) is 5.76. The van der Waals surface area contributed by atoms with Crippen LogP contribution in [-0.4, -0.2) is 49.6 Å². The Morgan fingerprint density at radius 3 is 1.54 bits per heavy atom. The largest absolute Gasteiger partial charge is 0.489 e. The van der Waals surface area contributed by atoms with E-state index in [1.54, 1.807) is 24.3 Å². The van der Waals surface area contributed by atoms with Gasteiger partial charge in [-0.25, -0.2) is 9.59 Å². The van der Waals surface area contributed by atoms with E-state index in [2.05, 4.69) is 12.1 Å². The minimum absolute atomic E-state index is 0.00114. The van der Waals surface area contributed by atoms with Gasteiger partial charge in [-0.1, -0.05) is 97.1 Å². The lowest BCUT2D eigenvalue weighted by Gasteiger charge is -2.17. The predicted octanol–water partition coefficient (Wildman–Crippen LogP) is 6.19. The highest BCUT2D eigenvalue weighted by atomic mass is 16.7. The second-order valence-electron chi connectivity index (χ2n) is 11.9. The van der Waals surface area contributed by atoms with Gasteiger partial charge in [0.2, 0.25) is 0 Å². The number of nitriles is 2. The van der Waals surface area contributed by atoms with Crippen LogP contribution in [0.15, 0.2) is 120 Å². The first kappa shape index (κ1) is 33.9. The maximum Gasteiger partial charge on any atom is 0.349 e. The van der Waals surface area contributed by atoms with Crippen LogP contribution in [-0.2, 0) is 48.0 Å². The summed E-state index contributed by atoms with van der Waals surface area (Å²) in [5, 5.41) is 19.4. The molecule has 6 rings (SSSR count). The number of nitrogens with zero attached hydrogens (tertiary/aromatic N) is 2. The number of rotatable bonds is 12. The summed E-state index contributed by atoms with van der Waals surface area (Å²) in [6, 6.07) is 38.5. The average molecular weight is 667 g/mol. The molecule has 4 atom stereocenters. The van der Waals surface area contributed by atoms with Crippen molar-refractivity contribution in [1.29, 1.82) is 10.5 Å². The molecule has 50 heavy (non-hydrogen) atoms. The van der Waals surface area contributed by atoms with E-state index in [1.165, 1.54) is 17.7 Å². The van der Waals surface area contributed by atoms with Crippen LogP contribution >= 0.6 is 0 Å². The maximum absolute atomic E-state index is 13.0. The number of hydrogen-bond donors (Lipinski definition) is 0. The van der Waals surface area contributed by atoms with E-state index < -0.39 is 36.4 Å². The van der Waals surface area contributed by atoms with Gasteiger partial charge in [0.1, 0.15) is 47.8 Å². The first-order valence-corrected chi connectivity index (χ1v) is 16.3. The highest BCUT2D eigenvalue weighted by molar-refractivity contribution is 5.98. The lowest BCUT2D eigenvalue weighted by Crippen LogP contribution is -2.36. The lowest BCUT2D eigenvalue weighted by atomic mass is 10.0. The van der Waals surface area contributed by atoms with E-state index in [0.29, 0.717) is 23.5 Å². The number of aryl methyl sites for hydroxylation is 2. The van der Waals surface area contributed by atoms with Crippen LogP contribution in [0.1, 0.15) is 27.8 Å². The van der Waals surface area contributed by atoms with E-state index in [1.807, 2.05) is 84.9 Å². The van der Waals surface area contributed by atoms with Gasteiger partial charge in [0, 0.05) is 0 Å². The van der Waals surface area contributed by atoms with Crippen molar-refractivity contribution in [3.05, 3.63) is 148 Å². The zero-order valence-electron chi connectivity index (χ0n) is 27.1. The second-order valence-corrected chi connectivity index (χ2v) is 11.9. The molecule has 0 amide bonds. The van der Waals surface area contributed by atoms with Gasteiger partial charge in [-0.2, -0.15) is 10.5 Å². The van der Waals surface area contributed by atoms with Crippen LogP contribution in [0.25, 0.3) is 12.2 Å². The Morgan fingerprint density at radius 2 is 1.06 bits per heavy atom. The van der Waals surface area contributed by atoms with Gasteiger partial charge >= 0.3 is 11.9 Å². The van der Waals surface area contributed by atoms with Crippen molar-refractivity contribution in [3.63, 3.8) is 0 Å². The molecule has 0 radical (unpaired) electrons. The third kappa shape index (κ3) is 8.72. The molecule has 0 bridgehead atoms. The highest BCUT2D eigenvalue weighted by Crippen LogP contribution is 2.31. The van der Waals surface area contributed by atoms with E-state index >= 15 is 0 Å². The molecule has 9 nitrogen and oxygen atoms in total. The SMILES string of the molecule is N#C/C(=C\c1ccc(CCc2ccccc2)cc1)C(=O)O[C@H]1CO[C@H]2[C@@H]1OC[C@H]2OC(=O)/C(C#N)=C/c1ccc(OCc2ccccc2)cc1. The van der Waals surface area contributed by atoms with Gasteiger partial charge in [-0.3, -0.25) is 0 Å². The predicted molar refractivity (Wildman–Crippen MR) is 184 cm³/mol. The van der Waals surface area contributed by atoms with Gasteiger partial charge < -0.3 is 23.7 Å². The van der Waals surface area contributed by atoms with E-state index in [0.717, 1.165) is 24.0 Å². The molecule has 250 valence electrons. The molecule has 2 saturated heterocycles. The zero-order chi connectivity index (χ0) is 34.7. The topological polar surface area (TPSA) is 128 Å². The fourth-order valence-electron chi connectivity index (χ4n) is 5.76. The summed E-state index contributed by atoms with van der Waals surface area (Å²) in [5.41, 5.74) is 4.40. The van der Waals surface area contributed by atoms with Gasteiger partial charge in [0.25, 0.3) is 0 Å². The van der Waals surface area contributed by atoms with E-state index in [9.17, 15) is 20.1 Å². The molecule has 0 aromatic heterocycles. The Labute approximate surface area is 290 Å². The summed E-state index contributed by atoms with van der Waals surface area (Å²) >= 11 is 0. The summed E-state index contributed by atoms with van der Waals surface area (Å²) < 4.78 is 28.6. The fraction of sp³-hybridized carbons (Fsp3) is 0.220. The van der Waals surface area contributed by atoms with Crippen molar-refractivity contribution >= 4 is 24.1 Å². The third-order valence-corrected chi connectivity index (χ3v) is 8.44. The third-order valence-electron chi connectivity index (χ3n) is 8.44. The number of fused-ring (bicyclic) bond motifs is 1.